The number of nitrogens with zero attached hydrogens (tertiary/aromatic N) is 1. The molecule has 0 spiro atoms. The number of rotatable bonds is 3. The molecule has 1 aromatic carbocycles. The van der Waals surface area contributed by atoms with Crippen LogP contribution in [0.1, 0.15) is 42.9 Å². The van der Waals surface area contributed by atoms with E-state index in [0.717, 1.165) is 6.04 Å². The highest BCUT2D eigenvalue weighted by Gasteiger charge is 2.35. The Hall–Kier alpha value is -0.860. The fourth-order valence-electron chi connectivity index (χ4n) is 3.59. The fraction of sp³-hybridized carbons (Fsp3) is 0.625. The van der Waals surface area contributed by atoms with E-state index in [-0.39, 0.29) is 0 Å². The molecule has 2 aliphatic carbocycles. The molecule has 3 rings (SSSR count). The summed E-state index contributed by atoms with van der Waals surface area (Å²) >= 11 is 0. The molecule has 0 saturated heterocycles. The van der Waals surface area contributed by atoms with E-state index >= 15 is 0 Å². The second-order valence-corrected chi connectivity index (χ2v) is 5.82. The van der Waals surface area contributed by atoms with Crippen LogP contribution >= 0.6 is 0 Å². The van der Waals surface area contributed by atoms with Crippen molar-refractivity contribution in [2.75, 3.05) is 14.1 Å². The summed E-state index contributed by atoms with van der Waals surface area (Å²) in [7, 11) is 4.43. The Bertz CT molecular complexity index is 411. The van der Waals surface area contributed by atoms with Gasteiger partial charge in [-0.3, -0.25) is 4.90 Å². The first kappa shape index (κ1) is 12.2. The standard InChI is InChI=1S/C16H24N2/c1-17-16-14-9-4-3-6-12(14)10-11-15(16)18(2)13-7-5-8-13/h3-4,6,9,13,15-17H,5,7-8,10-11H2,1-2H3. The molecule has 0 aliphatic heterocycles. The third-order valence-electron chi connectivity index (χ3n) is 4.97. The molecule has 2 unspecified atom stereocenters. The van der Waals surface area contributed by atoms with Gasteiger partial charge in [-0.05, 0) is 50.9 Å². The lowest BCUT2D eigenvalue weighted by Gasteiger charge is -2.45. The molecule has 18 heavy (non-hydrogen) atoms. The Kier molecular flexibility index (Phi) is 3.40. The summed E-state index contributed by atoms with van der Waals surface area (Å²) in [5, 5.41) is 3.55. The van der Waals surface area contributed by atoms with Gasteiger partial charge in [0.2, 0.25) is 0 Å². The first-order valence-electron chi connectivity index (χ1n) is 7.28. The fourth-order valence-corrected chi connectivity index (χ4v) is 3.59. The van der Waals surface area contributed by atoms with Crippen LogP contribution in [-0.2, 0) is 6.42 Å². The number of hydrogen-bond donors (Lipinski definition) is 1. The van der Waals surface area contributed by atoms with E-state index in [1.807, 2.05) is 0 Å². The van der Waals surface area contributed by atoms with Gasteiger partial charge in [-0.1, -0.05) is 30.7 Å². The average Bonchev–Trinajstić information content (AvgIpc) is 2.35. The normalized spacial score (nSPS) is 27.9. The molecule has 0 bridgehead atoms. The smallest absolute Gasteiger partial charge is 0.0478 e. The summed E-state index contributed by atoms with van der Waals surface area (Å²) in [6.45, 7) is 0. The van der Waals surface area contributed by atoms with Gasteiger partial charge in [0.1, 0.15) is 0 Å². The first-order valence-corrected chi connectivity index (χ1v) is 7.28. The minimum atomic E-state index is 0.501. The van der Waals surface area contributed by atoms with Gasteiger partial charge in [-0.15, -0.1) is 0 Å². The Labute approximate surface area is 110 Å². The maximum atomic E-state index is 3.55. The lowest BCUT2D eigenvalue weighted by atomic mass is 9.81. The average molecular weight is 244 g/mol. The molecular formula is C16H24N2. The Morgan fingerprint density at radius 2 is 1.94 bits per heavy atom. The van der Waals surface area contributed by atoms with Gasteiger partial charge >= 0.3 is 0 Å². The summed E-state index contributed by atoms with van der Waals surface area (Å²) in [6.07, 6.45) is 6.73. The van der Waals surface area contributed by atoms with E-state index in [1.54, 1.807) is 0 Å². The predicted molar refractivity (Wildman–Crippen MR) is 75.8 cm³/mol. The van der Waals surface area contributed by atoms with Crippen molar-refractivity contribution in [3.63, 3.8) is 0 Å². The second kappa shape index (κ2) is 5.02. The molecule has 1 saturated carbocycles. The zero-order chi connectivity index (χ0) is 12.5. The van der Waals surface area contributed by atoms with Crippen molar-refractivity contribution in [1.29, 1.82) is 0 Å². The van der Waals surface area contributed by atoms with Crippen LogP contribution in [-0.4, -0.2) is 31.1 Å². The van der Waals surface area contributed by atoms with Gasteiger partial charge < -0.3 is 5.32 Å². The Balaban J connectivity index is 1.84. The minimum absolute atomic E-state index is 0.501. The van der Waals surface area contributed by atoms with Crippen molar-refractivity contribution in [1.82, 2.24) is 10.2 Å². The van der Waals surface area contributed by atoms with Gasteiger partial charge in [0.15, 0.2) is 0 Å². The number of likely N-dealkylation sites (N-methyl/N-ethyl adjacent to an activating group) is 2. The summed E-state index contributed by atoms with van der Waals surface area (Å²) in [6, 6.07) is 10.9. The highest BCUT2D eigenvalue weighted by molar-refractivity contribution is 5.34. The van der Waals surface area contributed by atoms with Crippen molar-refractivity contribution in [3.05, 3.63) is 35.4 Å². The molecule has 0 heterocycles. The van der Waals surface area contributed by atoms with Crippen LogP contribution < -0.4 is 5.32 Å². The first-order chi connectivity index (χ1) is 8.81. The molecule has 1 fully saturated rings. The number of benzene rings is 1. The third-order valence-corrected chi connectivity index (χ3v) is 4.97. The molecule has 0 radical (unpaired) electrons. The number of fused-ring (bicyclic) bond motifs is 1. The van der Waals surface area contributed by atoms with Gasteiger partial charge in [-0.2, -0.15) is 0 Å². The lowest BCUT2D eigenvalue weighted by Crippen LogP contribution is -2.50. The number of nitrogens with one attached hydrogen (secondary N) is 1. The van der Waals surface area contributed by atoms with Crippen LogP contribution in [0.4, 0.5) is 0 Å². The summed E-state index contributed by atoms with van der Waals surface area (Å²) in [4.78, 5) is 2.64. The van der Waals surface area contributed by atoms with Gasteiger partial charge in [0.25, 0.3) is 0 Å². The molecule has 1 aromatic rings. The Morgan fingerprint density at radius 1 is 1.17 bits per heavy atom. The molecule has 0 aromatic heterocycles. The van der Waals surface area contributed by atoms with Crippen LogP contribution in [0, 0.1) is 0 Å². The van der Waals surface area contributed by atoms with Crippen LogP contribution in [0.15, 0.2) is 24.3 Å². The third kappa shape index (κ3) is 1.98. The zero-order valence-corrected chi connectivity index (χ0v) is 11.5. The van der Waals surface area contributed by atoms with Crippen molar-refractivity contribution in [2.45, 2.75) is 50.2 Å². The van der Waals surface area contributed by atoms with Crippen LogP contribution in [0.5, 0.6) is 0 Å². The van der Waals surface area contributed by atoms with E-state index in [2.05, 4.69) is 48.6 Å². The van der Waals surface area contributed by atoms with E-state index in [1.165, 1.54) is 43.2 Å². The van der Waals surface area contributed by atoms with E-state index in [9.17, 15) is 0 Å². The molecule has 1 N–H and O–H groups in total. The van der Waals surface area contributed by atoms with Crippen molar-refractivity contribution >= 4 is 0 Å². The number of hydrogen-bond acceptors (Lipinski definition) is 2. The molecule has 2 heteroatoms. The molecule has 0 amide bonds. The van der Waals surface area contributed by atoms with Gasteiger partial charge in [-0.25, -0.2) is 0 Å². The van der Waals surface area contributed by atoms with Gasteiger partial charge in [0, 0.05) is 18.1 Å². The summed E-state index contributed by atoms with van der Waals surface area (Å²) in [5.41, 5.74) is 3.05. The van der Waals surface area contributed by atoms with Crippen molar-refractivity contribution in [3.8, 4) is 0 Å². The van der Waals surface area contributed by atoms with E-state index < -0.39 is 0 Å². The zero-order valence-electron chi connectivity index (χ0n) is 11.5. The van der Waals surface area contributed by atoms with E-state index in [0.29, 0.717) is 12.1 Å². The summed E-state index contributed by atoms with van der Waals surface area (Å²) < 4.78 is 0. The quantitative estimate of drug-likeness (QED) is 0.879. The highest BCUT2D eigenvalue weighted by Crippen LogP contribution is 2.36. The van der Waals surface area contributed by atoms with Crippen LogP contribution in [0.2, 0.25) is 0 Å². The maximum absolute atomic E-state index is 3.55. The number of aryl methyl sites for hydroxylation is 1. The monoisotopic (exact) mass is 244 g/mol. The van der Waals surface area contributed by atoms with Crippen LogP contribution in [0.25, 0.3) is 0 Å². The highest BCUT2D eigenvalue weighted by atomic mass is 15.2. The minimum Gasteiger partial charge on any atom is -0.312 e. The topological polar surface area (TPSA) is 15.3 Å². The maximum Gasteiger partial charge on any atom is 0.0478 e. The second-order valence-electron chi connectivity index (χ2n) is 5.82. The van der Waals surface area contributed by atoms with Crippen molar-refractivity contribution in [2.24, 2.45) is 0 Å². The van der Waals surface area contributed by atoms with Gasteiger partial charge in [0.05, 0.1) is 0 Å². The predicted octanol–water partition coefficient (Wildman–Crippen LogP) is 2.75. The largest absolute Gasteiger partial charge is 0.312 e. The molecular weight excluding hydrogens is 220 g/mol. The van der Waals surface area contributed by atoms with Crippen LogP contribution in [0.3, 0.4) is 0 Å². The SMILES string of the molecule is CNC1c2ccccc2CCC1N(C)C1CCC1. The van der Waals surface area contributed by atoms with Crippen molar-refractivity contribution < 1.29 is 0 Å². The molecule has 2 atom stereocenters. The molecule has 2 nitrogen and oxygen atoms in total. The molecule has 2 aliphatic rings. The molecule has 98 valence electrons. The Morgan fingerprint density at radius 3 is 2.61 bits per heavy atom. The lowest BCUT2D eigenvalue weighted by molar-refractivity contribution is 0.0791. The summed E-state index contributed by atoms with van der Waals surface area (Å²) in [5.74, 6) is 0. The van der Waals surface area contributed by atoms with E-state index in [4.69, 9.17) is 0 Å².